The number of fused-ring (bicyclic) bond motifs is 3. The highest BCUT2D eigenvalue weighted by molar-refractivity contribution is 9.10. The molecule has 5 rings (SSSR count). The third-order valence-corrected chi connectivity index (χ3v) is 9.51. The number of ether oxygens (including phenoxy) is 2. The van der Waals surface area contributed by atoms with E-state index in [-0.39, 0.29) is 17.5 Å². The van der Waals surface area contributed by atoms with Crippen molar-refractivity contribution in [3.63, 3.8) is 0 Å². The molecule has 4 heterocycles. The summed E-state index contributed by atoms with van der Waals surface area (Å²) in [7, 11) is 3.37. The Kier molecular flexibility index (Phi) is 6.42. The highest BCUT2D eigenvalue weighted by Crippen LogP contribution is 2.49. The van der Waals surface area contributed by atoms with Crippen molar-refractivity contribution in [2.75, 3.05) is 33.9 Å². The van der Waals surface area contributed by atoms with Crippen LogP contribution in [-0.2, 0) is 13.1 Å². The smallest absolute Gasteiger partial charge is 0.325 e. The molecular formula is C26H32BrN3O3S. The number of amides is 2. The van der Waals surface area contributed by atoms with Crippen LogP contribution in [0.5, 0.6) is 11.5 Å². The molecule has 2 saturated heterocycles. The highest BCUT2D eigenvalue weighted by Gasteiger charge is 2.54. The molecule has 8 heteroatoms. The highest BCUT2D eigenvalue weighted by atomic mass is 79.9. The lowest BCUT2D eigenvalue weighted by molar-refractivity contribution is 0.0887. The molecule has 1 aromatic carbocycles. The van der Waals surface area contributed by atoms with Crippen molar-refractivity contribution in [1.82, 2.24) is 14.7 Å². The van der Waals surface area contributed by atoms with Gasteiger partial charge in [0.05, 0.1) is 26.3 Å². The first-order chi connectivity index (χ1) is 16.4. The standard InChI is InChI=1S/C26H32BrN3O3S/c1-5-30-25(31)29-14-18-11-20(32-3)12-22(33-4)24(18)17(2)10-23(29)26(30)6-8-28(9-7-26)13-19-15-34-16-21(19)27/h10-12,15-17H,5-9,13-14H2,1-4H3. The van der Waals surface area contributed by atoms with E-state index in [1.165, 1.54) is 15.7 Å². The first-order valence-electron chi connectivity index (χ1n) is 11.9. The summed E-state index contributed by atoms with van der Waals surface area (Å²) in [5, 5.41) is 4.37. The number of rotatable bonds is 5. The molecule has 0 aliphatic carbocycles. The van der Waals surface area contributed by atoms with Crippen molar-refractivity contribution < 1.29 is 14.3 Å². The van der Waals surface area contributed by atoms with Crippen LogP contribution >= 0.6 is 27.3 Å². The minimum absolute atomic E-state index is 0.115. The number of halogens is 1. The van der Waals surface area contributed by atoms with E-state index in [0.29, 0.717) is 13.1 Å². The van der Waals surface area contributed by atoms with E-state index in [4.69, 9.17) is 9.47 Å². The van der Waals surface area contributed by atoms with Gasteiger partial charge >= 0.3 is 6.03 Å². The van der Waals surface area contributed by atoms with Crippen LogP contribution in [0.4, 0.5) is 4.79 Å². The average molecular weight is 547 g/mol. The lowest BCUT2D eigenvalue weighted by Gasteiger charge is -2.44. The predicted octanol–water partition coefficient (Wildman–Crippen LogP) is 5.82. The first kappa shape index (κ1) is 23.7. The monoisotopic (exact) mass is 545 g/mol. The lowest BCUT2D eigenvalue weighted by atomic mass is 9.82. The molecule has 1 spiro atoms. The van der Waals surface area contributed by atoms with Gasteiger partial charge in [-0.2, -0.15) is 11.3 Å². The van der Waals surface area contributed by atoms with Crippen molar-refractivity contribution in [1.29, 1.82) is 0 Å². The maximum atomic E-state index is 13.7. The molecule has 34 heavy (non-hydrogen) atoms. The minimum atomic E-state index is -0.248. The number of benzene rings is 1. The maximum absolute atomic E-state index is 13.7. The van der Waals surface area contributed by atoms with E-state index in [9.17, 15) is 4.79 Å². The number of hydrogen-bond acceptors (Lipinski definition) is 5. The summed E-state index contributed by atoms with van der Waals surface area (Å²) in [5.74, 6) is 1.72. The van der Waals surface area contributed by atoms with Crippen molar-refractivity contribution in [3.8, 4) is 11.5 Å². The number of piperidine rings is 1. The number of hydrogen-bond donors (Lipinski definition) is 0. The Morgan fingerprint density at radius 1 is 1.18 bits per heavy atom. The van der Waals surface area contributed by atoms with E-state index >= 15 is 0 Å². The van der Waals surface area contributed by atoms with Crippen molar-refractivity contribution in [2.24, 2.45) is 0 Å². The quantitative estimate of drug-likeness (QED) is 0.474. The molecule has 2 aromatic rings. The van der Waals surface area contributed by atoms with Crippen LogP contribution in [0.15, 0.2) is 39.1 Å². The van der Waals surface area contributed by atoms with E-state index in [1.807, 2.05) is 11.0 Å². The Labute approximate surface area is 214 Å². The molecule has 0 radical (unpaired) electrons. The van der Waals surface area contributed by atoms with Gasteiger partial charge in [0, 0.05) is 59.3 Å². The fraction of sp³-hybridized carbons (Fsp3) is 0.500. The van der Waals surface area contributed by atoms with Gasteiger partial charge in [0.15, 0.2) is 0 Å². The number of thiophene rings is 1. The topological polar surface area (TPSA) is 45.3 Å². The summed E-state index contributed by atoms with van der Waals surface area (Å²) in [6.07, 6.45) is 4.21. The van der Waals surface area contributed by atoms with Gasteiger partial charge in [-0.15, -0.1) is 0 Å². The molecule has 1 unspecified atom stereocenters. The second-order valence-corrected chi connectivity index (χ2v) is 11.0. The van der Waals surface area contributed by atoms with Crippen LogP contribution in [0, 0.1) is 0 Å². The van der Waals surface area contributed by atoms with E-state index in [1.54, 1.807) is 25.6 Å². The molecule has 0 bridgehead atoms. The zero-order valence-electron chi connectivity index (χ0n) is 20.3. The van der Waals surface area contributed by atoms with E-state index in [0.717, 1.165) is 55.1 Å². The van der Waals surface area contributed by atoms with Crippen molar-refractivity contribution in [2.45, 2.75) is 51.2 Å². The van der Waals surface area contributed by atoms with E-state index < -0.39 is 0 Å². The first-order valence-corrected chi connectivity index (χ1v) is 13.6. The zero-order chi connectivity index (χ0) is 24.0. The average Bonchev–Trinajstić information content (AvgIpc) is 3.27. The Morgan fingerprint density at radius 2 is 1.94 bits per heavy atom. The Balaban J connectivity index is 1.48. The van der Waals surface area contributed by atoms with Gasteiger partial charge in [0.25, 0.3) is 0 Å². The fourth-order valence-corrected chi connectivity index (χ4v) is 7.43. The number of allylic oxidation sites excluding steroid dienone is 1. The molecule has 1 atom stereocenters. The third-order valence-electron chi connectivity index (χ3n) is 7.68. The van der Waals surface area contributed by atoms with Crippen LogP contribution < -0.4 is 9.47 Å². The Hall–Kier alpha value is -2.03. The molecule has 182 valence electrons. The summed E-state index contributed by atoms with van der Waals surface area (Å²) >= 11 is 5.41. The van der Waals surface area contributed by atoms with Gasteiger partial charge in [-0.25, -0.2) is 4.79 Å². The minimum Gasteiger partial charge on any atom is -0.497 e. The molecule has 3 aliphatic rings. The summed E-state index contributed by atoms with van der Waals surface area (Å²) in [4.78, 5) is 20.4. The van der Waals surface area contributed by atoms with Gasteiger partial charge in [-0.1, -0.05) is 13.0 Å². The molecule has 6 nitrogen and oxygen atoms in total. The maximum Gasteiger partial charge on any atom is 0.325 e. The molecule has 0 N–H and O–H groups in total. The zero-order valence-corrected chi connectivity index (χ0v) is 22.7. The van der Waals surface area contributed by atoms with Gasteiger partial charge in [-0.3, -0.25) is 9.80 Å². The van der Waals surface area contributed by atoms with Gasteiger partial charge in [-0.05, 0) is 58.3 Å². The summed E-state index contributed by atoms with van der Waals surface area (Å²) in [6.45, 7) is 8.45. The summed E-state index contributed by atoms with van der Waals surface area (Å²) in [5.41, 5.74) is 4.51. The summed E-state index contributed by atoms with van der Waals surface area (Å²) in [6, 6.07) is 4.12. The second-order valence-electron chi connectivity index (χ2n) is 9.41. The van der Waals surface area contributed by atoms with Crippen LogP contribution in [0.2, 0.25) is 0 Å². The van der Waals surface area contributed by atoms with Gasteiger partial charge < -0.3 is 14.4 Å². The molecule has 2 amide bonds. The third kappa shape index (κ3) is 3.74. The molecule has 1 aromatic heterocycles. The summed E-state index contributed by atoms with van der Waals surface area (Å²) < 4.78 is 12.5. The SMILES string of the molecule is CCN1C(=O)N2Cc3cc(OC)cc(OC)c3C(C)C=C2C12CCN(Cc1cscc1Br)CC2. The largest absolute Gasteiger partial charge is 0.497 e. The molecule has 2 fully saturated rings. The predicted molar refractivity (Wildman–Crippen MR) is 139 cm³/mol. The lowest BCUT2D eigenvalue weighted by Crippen LogP contribution is -2.53. The Bertz CT molecular complexity index is 1120. The number of urea groups is 1. The molecular weight excluding hydrogens is 514 g/mol. The molecule has 3 aliphatic heterocycles. The van der Waals surface area contributed by atoms with Crippen LogP contribution in [0.25, 0.3) is 0 Å². The fourth-order valence-electron chi connectivity index (χ4n) is 6.01. The number of nitrogens with zero attached hydrogens (tertiary/aromatic N) is 3. The number of likely N-dealkylation sites (tertiary alicyclic amines) is 1. The Morgan fingerprint density at radius 3 is 2.56 bits per heavy atom. The normalized spacial score (nSPS) is 21.9. The van der Waals surface area contributed by atoms with Crippen molar-refractivity contribution >= 4 is 33.3 Å². The number of methoxy groups -OCH3 is 2. The van der Waals surface area contributed by atoms with Crippen LogP contribution in [0.1, 0.15) is 49.3 Å². The number of likely N-dealkylation sites (N-methyl/N-ethyl adjacent to an activating group) is 1. The van der Waals surface area contributed by atoms with Gasteiger partial charge in [0.1, 0.15) is 11.5 Å². The van der Waals surface area contributed by atoms with Crippen LogP contribution in [0.3, 0.4) is 0 Å². The number of carbonyl (C=O) groups is 1. The van der Waals surface area contributed by atoms with Gasteiger partial charge in [0.2, 0.25) is 0 Å². The second kappa shape index (κ2) is 9.21. The van der Waals surface area contributed by atoms with Crippen molar-refractivity contribution in [3.05, 3.63) is 55.8 Å². The molecule has 0 saturated carbocycles. The van der Waals surface area contributed by atoms with Crippen LogP contribution in [-0.4, -0.2) is 60.1 Å². The van der Waals surface area contributed by atoms with E-state index in [2.05, 4.69) is 62.5 Å². The number of carbonyl (C=O) groups excluding carboxylic acids is 1.